The summed E-state index contributed by atoms with van der Waals surface area (Å²) in [5, 5.41) is 0. The first-order valence-corrected chi connectivity index (χ1v) is 7.67. The number of hydrogen-bond acceptors (Lipinski definition) is 4. The van der Waals surface area contributed by atoms with Crippen molar-refractivity contribution in [2.45, 2.75) is 31.3 Å². The zero-order chi connectivity index (χ0) is 14.3. The number of nitrogens with zero attached hydrogens (tertiary/aromatic N) is 1. The number of hydrogen-bond donors (Lipinski definition) is 1. The topological polar surface area (TPSA) is 72.6 Å². The van der Waals surface area contributed by atoms with Gasteiger partial charge in [0.2, 0.25) is 10.0 Å². The fourth-order valence-corrected chi connectivity index (χ4v) is 4.05. The van der Waals surface area contributed by atoms with Crippen LogP contribution in [0.5, 0.6) is 0 Å². The van der Waals surface area contributed by atoms with Crippen LogP contribution in [-0.4, -0.2) is 38.0 Å². The Balaban J connectivity index is 2.39. The summed E-state index contributed by atoms with van der Waals surface area (Å²) in [5.41, 5.74) is 6.40. The predicted octanol–water partition coefficient (Wildman–Crippen LogP) is 1.38. The molecule has 1 aliphatic heterocycles. The molecule has 5 nitrogen and oxygen atoms in total. The Labute approximate surface area is 114 Å². The predicted molar refractivity (Wildman–Crippen MR) is 74.4 cm³/mol. The minimum absolute atomic E-state index is 0.283. The lowest BCUT2D eigenvalue weighted by atomic mass is 10.1. The van der Waals surface area contributed by atoms with Crippen LogP contribution in [-0.2, 0) is 14.8 Å². The van der Waals surface area contributed by atoms with Crippen LogP contribution in [0.4, 0.5) is 5.69 Å². The van der Waals surface area contributed by atoms with Crippen molar-refractivity contribution in [3.05, 3.63) is 23.8 Å². The second-order valence-corrected chi connectivity index (χ2v) is 7.38. The lowest BCUT2D eigenvalue weighted by Gasteiger charge is -2.37. The molecule has 1 heterocycles. The van der Waals surface area contributed by atoms with Crippen molar-refractivity contribution in [2.75, 3.05) is 25.4 Å². The van der Waals surface area contributed by atoms with Crippen LogP contribution in [0.2, 0.25) is 0 Å². The first-order valence-electron chi connectivity index (χ1n) is 6.23. The first-order chi connectivity index (χ1) is 8.72. The summed E-state index contributed by atoms with van der Waals surface area (Å²) in [6.07, 6.45) is 0. The molecule has 1 fully saturated rings. The summed E-state index contributed by atoms with van der Waals surface area (Å²) in [4.78, 5) is 0.283. The van der Waals surface area contributed by atoms with Gasteiger partial charge in [0.15, 0.2) is 0 Å². The van der Waals surface area contributed by atoms with Gasteiger partial charge in [-0.15, -0.1) is 0 Å². The minimum atomic E-state index is -3.51. The molecule has 1 saturated heterocycles. The second kappa shape index (κ2) is 4.77. The average Bonchev–Trinajstić information content (AvgIpc) is 2.31. The molecule has 1 aromatic rings. The zero-order valence-electron chi connectivity index (χ0n) is 11.5. The number of nitrogens with two attached hydrogens (primary N) is 1. The van der Waals surface area contributed by atoms with E-state index in [-0.39, 0.29) is 4.90 Å². The van der Waals surface area contributed by atoms with E-state index >= 15 is 0 Å². The monoisotopic (exact) mass is 284 g/mol. The average molecular weight is 284 g/mol. The van der Waals surface area contributed by atoms with E-state index in [0.29, 0.717) is 30.9 Å². The molecule has 0 aliphatic carbocycles. The van der Waals surface area contributed by atoms with Crippen LogP contribution in [0.3, 0.4) is 0 Å². The van der Waals surface area contributed by atoms with Gasteiger partial charge >= 0.3 is 0 Å². The van der Waals surface area contributed by atoms with Crippen LogP contribution in [0.15, 0.2) is 23.1 Å². The summed E-state index contributed by atoms with van der Waals surface area (Å²) in [6, 6.07) is 4.96. The number of benzene rings is 1. The van der Waals surface area contributed by atoms with Crippen LogP contribution >= 0.6 is 0 Å². The van der Waals surface area contributed by atoms with Crippen molar-refractivity contribution in [1.29, 1.82) is 0 Å². The third kappa shape index (κ3) is 2.91. The number of aryl methyl sites for hydroxylation is 1. The number of morpholine rings is 1. The van der Waals surface area contributed by atoms with Crippen molar-refractivity contribution in [3.8, 4) is 0 Å². The molecule has 0 unspecified atom stereocenters. The highest BCUT2D eigenvalue weighted by Gasteiger charge is 2.35. The molecule has 2 N–H and O–H groups in total. The van der Waals surface area contributed by atoms with Crippen LogP contribution in [0.25, 0.3) is 0 Å². The molecule has 0 spiro atoms. The Kier molecular flexibility index (Phi) is 3.59. The van der Waals surface area contributed by atoms with E-state index in [2.05, 4.69) is 0 Å². The van der Waals surface area contributed by atoms with E-state index in [1.165, 1.54) is 10.4 Å². The first kappa shape index (κ1) is 14.3. The molecule has 0 radical (unpaired) electrons. The molecular weight excluding hydrogens is 264 g/mol. The van der Waals surface area contributed by atoms with Gasteiger partial charge in [-0.3, -0.25) is 0 Å². The Bertz CT molecular complexity index is 582. The van der Waals surface area contributed by atoms with Crippen molar-refractivity contribution >= 4 is 15.7 Å². The second-order valence-electron chi connectivity index (χ2n) is 5.47. The molecule has 0 amide bonds. The maximum atomic E-state index is 12.7. The lowest BCUT2D eigenvalue weighted by Crippen LogP contribution is -2.50. The molecule has 1 aromatic carbocycles. The van der Waals surface area contributed by atoms with E-state index in [4.69, 9.17) is 10.5 Å². The van der Waals surface area contributed by atoms with Gasteiger partial charge in [0, 0.05) is 18.8 Å². The SMILES string of the molecule is Cc1ccc(N)cc1S(=O)(=O)N1CCOC(C)(C)C1. The number of anilines is 1. The maximum Gasteiger partial charge on any atom is 0.243 e. The molecule has 2 rings (SSSR count). The van der Waals surface area contributed by atoms with Gasteiger partial charge < -0.3 is 10.5 Å². The van der Waals surface area contributed by atoms with Gasteiger partial charge in [0.25, 0.3) is 0 Å². The molecule has 1 aliphatic rings. The van der Waals surface area contributed by atoms with Crippen LogP contribution in [0, 0.1) is 6.92 Å². The van der Waals surface area contributed by atoms with E-state index in [0.717, 1.165) is 0 Å². The van der Waals surface area contributed by atoms with E-state index in [1.807, 2.05) is 13.8 Å². The number of rotatable bonds is 2. The fourth-order valence-electron chi connectivity index (χ4n) is 2.21. The smallest absolute Gasteiger partial charge is 0.243 e. The molecule has 19 heavy (non-hydrogen) atoms. The van der Waals surface area contributed by atoms with Gasteiger partial charge in [0.1, 0.15) is 0 Å². The highest BCUT2D eigenvalue weighted by molar-refractivity contribution is 7.89. The van der Waals surface area contributed by atoms with Gasteiger partial charge in [0.05, 0.1) is 17.1 Å². The zero-order valence-corrected chi connectivity index (χ0v) is 12.3. The van der Waals surface area contributed by atoms with Crippen molar-refractivity contribution < 1.29 is 13.2 Å². The molecule has 0 bridgehead atoms. The van der Waals surface area contributed by atoms with Crippen LogP contribution in [0.1, 0.15) is 19.4 Å². The molecular formula is C13H20N2O3S. The minimum Gasteiger partial charge on any atom is -0.399 e. The van der Waals surface area contributed by atoms with E-state index < -0.39 is 15.6 Å². The Morgan fingerprint density at radius 1 is 1.37 bits per heavy atom. The number of nitrogen functional groups attached to an aromatic ring is 1. The van der Waals surface area contributed by atoms with E-state index in [9.17, 15) is 8.42 Å². The molecule has 0 saturated carbocycles. The Morgan fingerprint density at radius 2 is 2.05 bits per heavy atom. The summed E-state index contributed by atoms with van der Waals surface area (Å²) < 4.78 is 32.3. The van der Waals surface area contributed by atoms with Crippen molar-refractivity contribution in [1.82, 2.24) is 4.31 Å². The third-order valence-corrected chi connectivity index (χ3v) is 5.21. The molecule has 106 valence electrons. The van der Waals surface area contributed by atoms with Gasteiger partial charge in [-0.05, 0) is 38.5 Å². The Morgan fingerprint density at radius 3 is 2.68 bits per heavy atom. The van der Waals surface area contributed by atoms with Gasteiger partial charge in [-0.2, -0.15) is 4.31 Å². The number of sulfonamides is 1. The quantitative estimate of drug-likeness (QED) is 0.833. The third-order valence-electron chi connectivity index (χ3n) is 3.22. The summed E-state index contributed by atoms with van der Waals surface area (Å²) >= 11 is 0. The normalized spacial score (nSPS) is 20.4. The maximum absolute atomic E-state index is 12.7. The van der Waals surface area contributed by atoms with Gasteiger partial charge in [-0.25, -0.2) is 8.42 Å². The largest absolute Gasteiger partial charge is 0.399 e. The lowest BCUT2D eigenvalue weighted by molar-refractivity contribution is -0.0640. The van der Waals surface area contributed by atoms with Crippen molar-refractivity contribution in [3.63, 3.8) is 0 Å². The highest BCUT2D eigenvalue weighted by Crippen LogP contribution is 2.26. The summed E-state index contributed by atoms with van der Waals surface area (Å²) in [6.45, 7) is 6.69. The molecule has 0 aromatic heterocycles. The highest BCUT2D eigenvalue weighted by atomic mass is 32.2. The molecule has 6 heteroatoms. The Hall–Kier alpha value is -1.11. The van der Waals surface area contributed by atoms with Crippen LogP contribution < -0.4 is 5.73 Å². The number of ether oxygens (including phenoxy) is 1. The fraction of sp³-hybridized carbons (Fsp3) is 0.538. The summed E-state index contributed by atoms with van der Waals surface area (Å²) in [5.74, 6) is 0. The molecule has 0 atom stereocenters. The van der Waals surface area contributed by atoms with Gasteiger partial charge in [-0.1, -0.05) is 6.07 Å². The standard InChI is InChI=1S/C13H20N2O3S/c1-10-4-5-11(14)8-12(10)19(16,17)15-6-7-18-13(2,3)9-15/h4-5,8H,6-7,9,14H2,1-3H3. The van der Waals surface area contributed by atoms with E-state index in [1.54, 1.807) is 19.1 Å². The summed E-state index contributed by atoms with van der Waals surface area (Å²) in [7, 11) is -3.51. The van der Waals surface area contributed by atoms with Crippen molar-refractivity contribution in [2.24, 2.45) is 0 Å².